The molecule has 0 N–H and O–H groups in total. The average Bonchev–Trinajstić information content (AvgIpc) is 3.00. The van der Waals surface area contributed by atoms with Crippen LogP contribution < -0.4 is 0 Å². The minimum Gasteiger partial charge on any atom is -0.272 e. The van der Waals surface area contributed by atoms with Crippen LogP contribution in [0, 0.1) is 6.92 Å². The number of rotatable bonds is 4. The predicted molar refractivity (Wildman–Crippen MR) is 88.4 cm³/mol. The van der Waals surface area contributed by atoms with Crippen LogP contribution >= 0.6 is 11.6 Å². The first-order chi connectivity index (χ1) is 11.0. The molecule has 0 fully saturated rings. The molecule has 3 aromatic rings. The van der Waals surface area contributed by atoms with Crippen molar-refractivity contribution in [1.29, 1.82) is 0 Å². The Labute approximate surface area is 139 Å². The molecule has 0 amide bonds. The maximum Gasteiger partial charge on any atom is 0.254 e. The SMILES string of the molecule is Cc1ccccc1CS(=O)(=O)c1nncn1-c1cccc(Cl)c1. The molecule has 7 heteroatoms. The number of hydrogen-bond donors (Lipinski definition) is 0. The van der Waals surface area contributed by atoms with Crippen LogP contribution in [0.3, 0.4) is 0 Å². The van der Waals surface area contributed by atoms with Crippen molar-refractivity contribution in [2.24, 2.45) is 0 Å². The van der Waals surface area contributed by atoms with Gasteiger partial charge in [0.2, 0.25) is 9.84 Å². The van der Waals surface area contributed by atoms with Crippen LogP contribution in [0.2, 0.25) is 5.02 Å². The summed E-state index contributed by atoms with van der Waals surface area (Å²) in [6.45, 7) is 1.88. The van der Waals surface area contributed by atoms with E-state index in [1.807, 2.05) is 25.1 Å². The Morgan fingerprint density at radius 2 is 1.91 bits per heavy atom. The van der Waals surface area contributed by atoms with Gasteiger partial charge in [-0.05, 0) is 36.2 Å². The molecule has 2 aromatic carbocycles. The lowest BCUT2D eigenvalue weighted by molar-refractivity contribution is 0.582. The van der Waals surface area contributed by atoms with Crippen LogP contribution in [0.4, 0.5) is 0 Å². The van der Waals surface area contributed by atoms with E-state index in [9.17, 15) is 8.42 Å². The Kier molecular flexibility index (Phi) is 4.19. The van der Waals surface area contributed by atoms with E-state index in [-0.39, 0.29) is 10.9 Å². The number of hydrogen-bond acceptors (Lipinski definition) is 4. The van der Waals surface area contributed by atoms with Crippen molar-refractivity contribution in [1.82, 2.24) is 14.8 Å². The van der Waals surface area contributed by atoms with Crippen molar-refractivity contribution < 1.29 is 8.42 Å². The highest BCUT2D eigenvalue weighted by Crippen LogP contribution is 2.21. The second-order valence-corrected chi connectivity index (χ2v) is 7.47. The van der Waals surface area contributed by atoms with E-state index in [4.69, 9.17) is 11.6 Å². The Hall–Kier alpha value is -2.18. The maximum atomic E-state index is 12.7. The van der Waals surface area contributed by atoms with Crippen molar-refractivity contribution in [2.45, 2.75) is 17.8 Å². The zero-order valence-electron chi connectivity index (χ0n) is 12.3. The highest BCUT2D eigenvalue weighted by Gasteiger charge is 2.23. The lowest BCUT2D eigenvalue weighted by Crippen LogP contribution is -2.12. The van der Waals surface area contributed by atoms with E-state index >= 15 is 0 Å². The molecule has 0 atom stereocenters. The van der Waals surface area contributed by atoms with Crippen LogP contribution in [0.5, 0.6) is 0 Å². The van der Waals surface area contributed by atoms with Gasteiger partial charge in [0.25, 0.3) is 5.16 Å². The lowest BCUT2D eigenvalue weighted by atomic mass is 10.1. The molecule has 0 saturated heterocycles. The largest absolute Gasteiger partial charge is 0.272 e. The zero-order valence-corrected chi connectivity index (χ0v) is 13.9. The van der Waals surface area contributed by atoms with Crippen molar-refractivity contribution in [3.05, 3.63) is 71.0 Å². The Morgan fingerprint density at radius 3 is 2.65 bits per heavy atom. The topological polar surface area (TPSA) is 64.8 Å². The fourth-order valence-corrected chi connectivity index (χ4v) is 3.95. The van der Waals surface area contributed by atoms with Gasteiger partial charge in [0, 0.05) is 5.02 Å². The van der Waals surface area contributed by atoms with E-state index in [0.717, 1.165) is 11.1 Å². The van der Waals surface area contributed by atoms with Crippen LogP contribution in [0.15, 0.2) is 60.0 Å². The van der Waals surface area contributed by atoms with Crippen molar-refractivity contribution >= 4 is 21.4 Å². The molecule has 0 spiro atoms. The van der Waals surface area contributed by atoms with Gasteiger partial charge in [-0.25, -0.2) is 8.42 Å². The molecular formula is C16H14ClN3O2S. The summed E-state index contributed by atoms with van der Waals surface area (Å²) >= 11 is 5.98. The number of benzene rings is 2. The lowest BCUT2D eigenvalue weighted by Gasteiger charge is -2.09. The Balaban J connectivity index is 2.02. The number of halogens is 1. The molecule has 0 aliphatic rings. The molecule has 23 heavy (non-hydrogen) atoms. The summed E-state index contributed by atoms with van der Waals surface area (Å²) in [7, 11) is -3.64. The molecule has 3 rings (SSSR count). The minimum atomic E-state index is -3.64. The molecule has 118 valence electrons. The van der Waals surface area contributed by atoms with Gasteiger partial charge in [0.05, 0.1) is 11.4 Å². The molecule has 0 saturated carbocycles. The molecular weight excluding hydrogens is 334 g/mol. The molecule has 0 aliphatic carbocycles. The summed E-state index contributed by atoms with van der Waals surface area (Å²) in [5.74, 6) is -0.126. The van der Waals surface area contributed by atoms with Crippen LogP contribution in [-0.2, 0) is 15.6 Å². The van der Waals surface area contributed by atoms with Crippen LogP contribution in [0.25, 0.3) is 5.69 Å². The summed E-state index contributed by atoms with van der Waals surface area (Å²) < 4.78 is 26.9. The fourth-order valence-electron chi connectivity index (χ4n) is 2.28. The standard InChI is InChI=1S/C16H14ClN3O2S/c1-12-5-2-3-6-13(12)10-23(21,22)16-19-18-11-20(16)15-8-4-7-14(17)9-15/h2-9,11H,10H2,1H3. The second kappa shape index (κ2) is 6.14. The monoisotopic (exact) mass is 347 g/mol. The van der Waals surface area contributed by atoms with E-state index < -0.39 is 9.84 Å². The van der Waals surface area contributed by atoms with Gasteiger partial charge < -0.3 is 0 Å². The smallest absolute Gasteiger partial charge is 0.254 e. The van der Waals surface area contributed by atoms with Gasteiger partial charge >= 0.3 is 0 Å². The molecule has 1 aromatic heterocycles. The summed E-state index contributed by atoms with van der Waals surface area (Å²) in [6.07, 6.45) is 1.37. The van der Waals surface area contributed by atoms with E-state index in [0.29, 0.717) is 10.7 Å². The fraction of sp³-hybridized carbons (Fsp3) is 0.125. The number of aromatic nitrogens is 3. The summed E-state index contributed by atoms with van der Waals surface area (Å²) in [5, 5.41) is 7.97. The van der Waals surface area contributed by atoms with Crippen molar-refractivity contribution in [2.75, 3.05) is 0 Å². The van der Waals surface area contributed by atoms with Gasteiger partial charge in [-0.2, -0.15) is 0 Å². The molecule has 0 bridgehead atoms. The first-order valence-corrected chi connectivity index (χ1v) is 8.93. The first kappa shape index (κ1) is 15.7. The second-order valence-electron chi connectivity index (χ2n) is 5.15. The van der Waals surface area contributed by atoms with Crippen LogP contribution in [0.1, 0.15) is 11.1 Å². The number of aryl methyl sites for hydroxylation is 1. The minimum absolute atomic E-state index is 0.0944. The summed E-state index contributed by atoms with van der Waals surface area (Å²) in [4.78, 5) is 0. The van der Waals surface area contributed by atoms with Gasteiger partial charge in [-0.15, -0.1) is 10.2 Å². The molecule has 0 radical (unpaired) electrons. The molecule has 0 unspecified atom stereocenters. The van der Waals surface area contributed by atoms with E-state index in [1.165, 1.54) is 10.9 Å². The average molecular weight is 348 g/mol. The van der Waals surface area contributed by atoms with Crippen LogP contribution in [-0.4, -0.2) is 23.2 Å². The van der Waals surface area contributed by atoms with Crippen molar-refractivity contribution in [3.63, 3.8) is 0 Å². The first-order valence-electron chi connectivity index (χ1n) is 6.90. The third kappa shape index (κ3) is 3.28. The van der Waals surface area contributed by atoms with Gasteiger partial charge in [0.15, 0.2) is 0 Å². The Morgan fingerprint density at radius 1 is 1.13 bits per heavy atom. The van der Waals surface area contributed by atoms with Gasteiger partial charge in [-0.1, -0.05) is 41.9 Å². The third-order valence-corrected chi connectivity index (χ3v) is 5.25. The quantitative estimate of drug-likeness (QED) is 0.727. The third-order valence-electron chi connectivity index (χ3n) is 3.49. The summed E-state index contributed by atoms with van der Waals surface area (Å²) in [6, 6.07) is 14.3. The van der Waals surface area contributed by atoms with Gasteiger partial charge in [0.1, 0.15) is 6.33 Å². The summed E-state index contributed by atoms with van der Waals surface area (Å²) in [5.41, 5.74) is 2.27. The zero-order chi connectivity index (χ0) is 16.4. The Bertz CT molecular complexity index is 951. The normalized spacial score (nSPS) is 11.6. The number of sulfone groups is 1. The molecule has 0 aliphatic heterocycles. The maximum absolute atomic E-state index is 12.7. The van der Waals surface area contributed by atoms with Gasteiger partial charge in [-0.3, -0.25) is 4.57 Å². The van der Waals surface area contributed by atoms with E-state index in [2.05, 4.69) is 10.2 Å². The van der Waals surface area contributed by atoms with E-state index in [1.54, 1.807) is 30.3 Å². The molecule has 1 heterocycles. The number of nitrogens with zero attached hydrogens (tertiary/aromatic N) is 3. The van der Waals surface area contributed by atoms with Crippen molar-refractivity contribution in [3.8, 4) is 5.69 Å². The predicted octanol–water partition coefficient (Wildman–Crippen LogP) is 3.20. The highest BCUT2D eigenvalue weighted by atomic mass is 35.5. The highest BCUT2D eigenvalue weighted by molar-refractivity contribution is 7.90. The molecule has 5 nitrogen and oxygen atoms in total.